The molecule has 0 bridgehead atoms. The molecule has 0 fully saturated rings. The summed E-state index contributed by atoms with van der Waals surface area (Å²) in [4.78, 5) is 11.8. The number of halogens is 1. The third-order valence-corrected chi connectivity index (χ3v) is 3.13. The van der Waals surface area contributed by atoms with E-state index in [4.69, 9.17) is 0 Å². The molecule has 102 valence electrons. The lowest BCUT2D eigenvalue weighted by molar-refractivity contribution is 0.0955. The van der Waals surface area contributed by atoms with E-state index in [2.05, 4.69) is 26.5 Å². The number of aromatic hydroxyl groups is 1. The average molecular weight is 333 g/mol. The number of benzene rings is 2. The van der Waals surface area contributed by atoms with Crippen LogP contribution in [-0.4, -0.2) is 17.2 Å². The van der Waals surface area contributed by atoms with Crippen LogP contribution in [0, 0.1) is 6.92 Å². The van der Waals surface area contributed by atoms with Gasteiger partial charge in [0, 0.05) is 15.6 Å². The highest BCUT2D eigenvalue weighted by atomic mass is 79.9. The number of rotatable bonds is 3. The third kappa shape index (κ3) is 3.68. The first-order chi connectivity index (χ1) is 9.56. The summed E-state index contributed by atoms with van der Waals surface area (Å²) in [5.74, 6) is -0.189. The lowest BCUT2D eigenvalue weighted by Crippen LogP contribution is -2.17. The zero-order chi connectivity index (χ0) is 14.5. The van der Waals surface area contributed by atoms with Crippen LogP contribution >= 0.6 is 15.9 Å². The van der Waals surface area contributed by atoms with Crippen LogP contribution in [0.4, 0.5) is 0 Å². The number of hydrogen-bond donors (Lipinski definition) is 2. The first-order valence-electron chi connectivity index (χ1n) is 5.95. The highest BCUT2D eigenvalue weighted by molar-refractivity contribution is 9.10. The Labute approximate surface area is 125 Å². The highest BCUT2D eigenvalue weighted by Gasteiger charge is 2.04. The Balaban J connectivity index is 2.06. The van der Waals surface area contributed by atoms with E-state index in [1.165, 1.54) is 6.21 Å². The second-order valence-corrected chi connectivity index (χ2v) is 5.19. The van der Waals surface area contributed by atoms with Crippen LogP contribution in [0.15, 0.2) is 52.0 Å². The molecular weight excluding hydrogens is 320 g/mol. The standard InChI is InChI=1S/C15H13BrN2O2/c1-10-5-6-14(19)12(7-10)9-17-18-15(20)11-3-2-4-13(16)8-11/h2-9,19H,1H3,(H,18,20)/b17-9-. The van der Waals surface area contributed by atoms with Crippen molar-refractivity contribution in [3.8, 4) is 5.75 Å². The molecule has 2 N–H and O–H groups in total. The molecule has 0 atom stereocenters. The minimum Gasteiger partial charge on any atom is -0.507 e. The minimum atomic E-state index is -0.310. The summed E-state index contributed by atoms with van der Waals surface area (Å²) in [6.07, 6.45) is 1.41. The van der Waals surface area contributed by atoms with E-state index in [9.17, 15) is 9.90 Å². The lowest BCUT2D eigenvalue weighted by atomic mass is 10.1. The molecule has 0 radical (unpaired) electrons. The van der Waals surface area contributed by atoms with Crippen LogP contribution in [0.3, 0.4) is 0 Å². The van der Waals surface area contributed by atoms with Gasteiger partial charge in [0.05, 0.1) is 6.21 Å². The number of nitrogens with one attached hydrogen (secondary N) is 1. The van der Waals surface area contributed by atoms with Gasteiger partial charge in [-0.2, -0.15) is 5.10 Å². The fraction of sp³-hybridized carbons (Fsp3) is 0.0667. The molecule has 0 aromatic heterocycles. The summed E-state index contributed by atoms with van der Waals surface area (Å²) in [7, 11) is 0. The Morgan fingerprint density at radius 1 is 1.30 bits per heavy atom. The van der Waals surface area contributed by atoms with Gasteiger partial charge in [-0.05, 0) is 37.3 Å². The van der Waals surface area contributed by atoms with E-state index in [1.807, 2.05) is 13.0 Å². The number of hydrogen-bond acceptors (Lipinski definition) is 3. The van der Waals surface area contributed by atoms with Crippen molar-refractivity contribution in [2.24, 2.45) is 5.10 Å². The predicted molar refractivity (Wildman–Crippen MR) is 82.0 cm³/mol. The number of phenols is 1. The Morgan fingerprint density at radius 3 is 2.85 bits per heavy atom. The molecule has 0 aliphatic rings. The van der Waals surface area contributed by atoms with Gasteiger partial charge in [0.15, 0.2) is 0 Å². The van der Waals surface area contributed by atoms with Crippen LogP contribution in [0.5, 0.6) is 5.75 Å². The molecule has 0 saturated carbocycles. The number of aryl methyl sites for hydroxylation is 1. The van der Waals surface area contributed by atoms with Gasteiger partial charge >= 0.3 is 0 Å². The van der Waals surface area contributed by atoms with Crippen LogP contribution < -0.4 is 5.43 Å². The van der Waals surface area contributed by atoms with Crippen LogP contribution in [0.25, 0.3) is 0 Å². The molecule has 5 heteroatoms. The smallest absolute Gasteiger partial charge is 0.271 e. The van der Waals surface area contributed by atoms with Gasteiger partial charge in [-0.1, -0.05) is 33.6 Å². The molecule has 0 spiro atoms. The largest absolute Gasteiger partial charge is 0.507 e. The number of carbonyl (C=O) groups is 1. The zero-order valence-corrected chi connectivity index (χ0v) is 12.4. The maximum absolute atomic E-state index is 11.8. The molecule has 20 heavy (non-hydrogen) atoms. The topological polar surface area (TPSA) is 61.7 Å². The maximum atomic E-state index is 11.8. The van der Waals surface area contributed by atoms with E-state index in [1.54, 1.807) is 36.4 Å². The summed E-state index contributed by atoms with van der Waals surface area (Å²) in [6.45, 7) is 1.91. The molecule has 4 nitrogen and oxygen atoms in total. The van der Waals surface area contributed by atoms with Crippen molar-refractivity contribution >= 4 is 28.1 Å². The molecule has 0 unspecified atom stereocenters. The number of amides is 1. The van der Waals surface area contributed by atoms with E-state index in [0.29, 0.717) is 11.1 Å². The predicted octanol–water partition coefficient (Wildman–Crippen LogP) is 3.23. The summed E-state index contributed by atoms with van der Waals surface area (Å²) in [5, 5.41) is 13.5. The molecule has 2 aromatic carbocycles. The van der Waals surface area contributed by atoms with E-state index in [0.717, 1.165) is 10.0 Å². The zero-order valence-electron chi connectivity index (χ0n) is 10.8. The highest BCUT2D eigenvalue weighted by Crippen LogP contribution is 2.15. The van der Waals surface area contributed by atoms with E-state index < -0.39 is 0 Å². The second kappa shape index (κ2) is 6.34. The van der Waals surface area contributed by atoms with Crippen molar-refractivity contribution < 1.29 is 9.90 Å². The van der Waals surface area contributed by atoms with Gasteiger partial charge in [0.1, 0.15) is 5.75 Å². The van der Waals surface area contributed by atoms with Gasteiger partial charge < -0.3 is 5.11 Å². The van der Waals surface area contributed by atoms with E-state index >= 15 is 0 Å². The number of hydrazone groups is 1. The lowest BCUT2D eigenvalue weighted by Gasteiger charge is -2.02. The van der Waals surface area contributed by atoms with Crippen molar-refractivity contribution in [1.82, 2.24) is 5.43 Å². The van der Waals surface area contributed by atoms with Gasteiger partial charge in [0.25, 0.3) is 5.91 Å². The molecule has 0 aliphatic heterocycles. The minimum absolute atomic E-state index is 0.121. The number of carbonyl (C=O) groups excluding carboxylic acids is 1. The molecule has 0 heterocycles. The molecular formula is C15H13BrN2O2. The normalized spacial score (nSPS) is 10.7. The van der Waals surface area contributed by atoms with Crippen molar-refractivity contribution in [2.75, 3.05) is 0 Å². The van der Waals surface area contributed by atoms with Crippen LogP contribution in [0.1, 0.15) is 21.5 Å². The SMILES string of the molecule is Cc1ccc(O)c(/C=N\NC(=O)c2cccc(Br)c2)c1. The maximum Gasteiger partial charge on any atom is 0.271 e. The molecule has 0 saturated heterocycles. The number of nitrogens with zero attached hydrogens (tertiary/aromatic N) is 1. The van der Waals surface area contributed by atoms with Gasteiger partial charge in [-0.3, -0.25) is 4.79 Å². The van der Waals surface area contributed by atoms with Crippen molar-refractivity contribution in [1.29, 1.82) is 0 Å². The number of phenolic OH excluding ortho intramolecular Hbond substituents is 1. The fourth-order valence-electron chi connectivity index (χ4n) is 1.63. The quantitative estimate of drug-likeness (QED) is 0.669. The van der Waals surface area contributed by atoms with Gasteiger partial charge in [-0.25, -0.2) is 5.43 Å². The molecule has 2 aromatic rings. The Hall–Kier alpha value is -2.14. The summed E-state index contributed by atoms with van der Waals surface area (Å²) in [5.41, 5.74) is 4.48. The third-order valence-electron chi connectivity index (χ3n) is 2.64. The van der Waals surface area contributed by atoms with Crippen molar-refractivity contribution in [2.45, 2.75) is 6.92 Å². The summed E-state index contributed by atoms with van der Waals surface area (Å²) < 4.78 is 0.824. The van der Waals surface area contributed by atoms with E-state index in [-0.39, 0.29) is 11.7 Å². The first kappa shape index (κ1) is 14.3. The van der Waals surface area contributed by atoms with Crippen LogP contribution in [0.2, 0.25) is 0 Å². The van der Waals surface area contributed by atoms with Crippen molar-refractivity contribution in [3.63, 3.8) is 0 Å². The van der Waals surface area contributed by atoms with Gasteiger partial charge in [-0.15, -0.1) is 0 Å². The Morgan fingerprint density at radius 2 is 2.10 bits per heavy atom. The summed E-state index contributed by atoms with van der Waals surface area (Å²) in [6, 6.07) is 12.2. The van der Waals surface area contributed by atoms with Crippen molar-refractivity contribution in [3.05, 3.63) is 63.6 Å². The molecule has 1 amide bonds. The summed E-state index contributed by atoms with van der Waals surface area (Å²) >= 11 is 3.30. The Kier molecular flexibility index (Phi) is 4.53. The van der Waals surface area contributed by atoms with Crippen LogP contribution in [-0.2, 0) is 0 Å². The monoisotopic (exact) mass is 332 g/mol. The van der Waals surface area contributed by atoms with Gasteiger partial charge in [0.2, 0.25) is 0 Å². The fourth-order valence-corrected chi connectivity index (χ4v) is 2.03. The molecule has 0 aliphatic carbocycles. The average Bonchev–Trinajstić information content (AvgIpc) is 2.42. The first-order valence-corrected chi connectivity index (χ1v) is 6.74. The second-order valence-electron chi connectivity index (χ2n) is 4.27. The Bertz CT molecular complexity index is 669. The molecule has 2 rings (SSSR count).